The summed E-state index contributed by atoms with van der Waals surface area (Å²) in [4.78, 5) is 31.7. The molecule has 0 radical (unpaired) electrons. The zero-order valence-electron chi connectivity index (χ0n) is 16.5. The molecule has 3 fully saturated rings. The molecule has 154 valence electrons. The third kappa shape index (κ3) is 4.10. The lowest BCUT2D eigenvalue weighted by Gasteiger charge is -2.42. The summed E-state index contributed by atoms with van der Waals surface area (Å²) in [5.74, 6) is 1.12. The van der Waals surface area contributed by atoms with Crippen molar-refractivity contribution < 1.29 is 19.1 Å². The van der Waals surface area contributed by atoms with Crippen LogP contribution in [0.15, 0.2) is 16.5 Å². The van der Waals surface area contributed by atoms with E-state index in [0.29, 0.717) is 36.6 Å². The SMILES string of the molecule is O=C(c1ccc(CO)o1)N1CCC(N2CCCC(C(=O)N3CCCC3)C2)CC1. The van der Waals surface area contributed by atoms with E-state index in [9.17, 15) is 9.59 Å². The minimum atomic E-state index is -0.193. The van der Waals surface area contributed by atoms with E-state index in [1.54, 1.807) is 12.1 Å². The van der Waals surface area contributed by atoms with Gasteiger partial charge in [0, 0.05) is 38.8 Å². The van der Waals surface area contributed by atoms with E-state index in [1.807, 2.05) is 4.90 Å². The predicted molar refractivity (Wildman–Crippen MR) is 104 cm³/mol. The molecular formula is C21H31N3O4. The molecule has 3 aliphatic rings. The van der Waals surface area contributed by atoms with Crippen LogP contribution in [-0.4, -0.2) is 76.9 Å². The second-order valence-electron chi connectivity index (χ2n) is 8.31. The Morgan fingerprint density at radius 1 is 0.964 bits per heavy atom. The summed E-state index contributed by atoms with van der Waals surface area (Å²) in [5, 5.41) is 9.10. The molecule has 0 aliphatic carbocycles. The van der Waals surface area contributed by atoms with Gasteiger partial charge in [-0.3, -0.25) is 14.5 Å². The molecule has 0 spiro atoms. The molecule has 7 heteroatoms. The fraction of sp³-hybridized carbons (Fsp3) is 0.714. The molecule has 2 amide bonds. The van der Waals surface area contributed by atoms with Gasteiger partial charge < -0.3 is 19.3 Å². The molecule has 0 aromatic carbocycles. The largest absolute Gasteiger partial charge is 0.453 e. The van der Waals surface area contributed by atoms with Crippen molar-refractivity contribution >= 4 is 11.8 Å². The van der Waals surface area contributed by atoms with Crippen LogP contribution in [0.4, 0.5) is 0 Å². The summed E-state index contributed by atoms with van der Waals surface area (Å²) < 4.78 is 5.39. The van der Waals surface area contributed by atoms with E-state index < -0.39 is 0 Å². The number of likely N-dealkylation sites (tertiary alicyclic amines) is 3. The van der Waals surface area contributed by atoms with E-state index in [4.69, 9.17) is 9.52 Å². The third-order valence-electron chi connectivity index (χ3n) is 6.52. The van der Waals surface area contributed by atoms with Gasteiger partial charge in [-0.1, -0.05) is 0 Å². The lowest BCUT2D eigenvalue weighted by Crippen LogP contribution is -2.51. The highest BCUT2D eigenvalue weighted by Gasteiger charge is 2.35. The molecular weight excluding hydrogens is 358 g/mol. The van der Waals surface area contributed by atoms with Gasteiger partial charge in [-0.15, -0.1) is 0 Å². The molecule has 3 saturated heterocycles. The van der Waals surface area contributed by atoms with Crippen LogP contribution in [0.3, 0.4) is 0 Å². The number of rotatable bonds is 4. The van der Waals surface area contributed by atoms with Crippen molar-refractivity contribution in [2.75, 3.05) is 39.3 Å². The molecule has 1 unspecified atom stereocenters. The van der Waals surface area contributed by atoms with Crippen molar-refractivity contribution in [2.24, 2.45) is 5.92 Å². The zero-order chi connectivity index (χ0) is 19.5. The summed E-state index contributed by atoms with van der Waals surface area (Å²) >= 11 is 0. The lowest BCUT2D eigenvalue weighted by atomic mass is 9.93. The van der Waals surface area contributed by atoms with Gasteiger partial charge in [0.1, 0.15) is 12.4 Å². The molecule has 0 saturated carbocycles. The average molecular weight is 389 g/mol. The van der Waals surface area contributed by atoms with Gasteiger partial charge in [0.2, 0.25) is 5.91 Å². The first kappa shape index (κ1) is 19.5. The van der Waals surface area contributed by atoms with Gasteiger partial charge in [-0.05, 0) is 57.2 Å². The Bertz CT molecular complexity index is 690. The van der Waals surface area contributed by atoms with Crippen molar-refractivity contribution in [1.29, 1.82) is 0 Å². The molecule has 1 atom stereocenters. The van der Waals surface area contributed by atoms with Crippen molar-refractivity contribution in [1.82, 2.24) is 14.7 Å². The lowest BCUT2D eigenvalue weighted by molar-refractivity contribution is -0.136. The molecule has 7 nitrogen and oxygen atoms in total. The number of nitrogens with zero attached hydrogens (tertiary/aromatic N) is 3. The molecule has 0 bridgehead atoms. The van der Waals surface area contributed by atoms with E-state index in [-0.39, 0.29) is 18.4 Å². The fourth-order valence-corrected chi connectivity index (χ4v) is 4.90. The van der Waals surface area contributed by atoms with Crippen molar-refractivity contribution in [3.05, 3.63) is 23.7 Å². The van der Waals surface area contributed by atoms with Crippen LogP contribution < -0.4 is 0 Å². The number of hydrogen-bond acceptors (Lipinski definition) is 5. The highest BCUT2D eigenvalue weighted by molar-refractivity contribution is 5.91. The Balaban J connectivity index is 1.29. The van der Waals surface area contributed by atoms with Gasteiger partial charge in [0.15, 0.2) is 5.76 Å². The van der Waals surface area contributed by atoms with Crippen LogP contribution in [0.5, 0.6) is 0 Å². The number of piperidine rings is 2. The Kier molecular flexibility index (Phi) is 6.01. The number of aliphatic hydroxyl groups is 1. The van der Waals surface area contributed by atoms with E-state index in [1.165, 1.54) is 0 Å². The van der Waals surface area contributed by atoms with E-state index in [0.717, 1.165) is 64.7 Å². The molecule has 4 rings (SSSR count). The maximum atomic E-state index is 12.8. The highest BCUT2D eigenvalue weighted by atomic mass is 16.4. The normalized spacial score (nSPS) is 24.7. The Morgan fingerprint density at radius 2 is 1.71 bits per heavy atom. The quantitative estimate of drug-likeness (QED) is 0.848. The van der Waals surface area contributed by atoms with Gasteiger partial charge in [0.05, 0.1) is 5.92 Å². The predicted octanol–water partition coefficient (Wildman–Crippen LogP) is 1.71. The van der Waals surface area contributed by atoms with Gasteiger partial charge in [-0.2, -0.15) is 0 Å². The molecule has 1 aromatic rings. The Labute approximate surface area is 166 Å². The maximum absolute atomic E-state index is 12.8. The van der Waals surface area contributed by atoms with E-state index >= 15 is 0 Å². The number of aliphatic hydroxyl groups excluding tert-OH is 1. The van der Waals surface area contributed by atoms with Gasteiger partial charge in [-0.25, -0.2) is 0 Å². The molecule has 1 N–H and O–H groups in total. The summed E-state index contributed by atoms with van der Waals surface area (Å²) in [7, 11) is 0. The minimum absolute atomic E-state index is 0.0983. The standard InChI is InChI=1S/C21H31N3O4/c25-15-18-5-6-19(28-18)21(27)23-12-7-17(8-13-23)24-11-3-4-16(14-24)20(26)22-9-1-2-10-22/h5-6,16-17,25H,1-4,7-15H2. The molecule has 4 heterocycles. The third-order valence-corrected chi connectivity index (χ3v) is 6.52. The van der Waals surface area contributed by atoms with Crippen molar-refractivity contribution in [2.45, 2.75) is 51.2 Å². The number of hydrogen-bond donors (Lipinski definition) is 1. The first-order valence-electron chi connectivity index (χ1n) is 10.7. The Morgan fingerprint density at radius 3 is 2.39 bits per heavy atom. The van der Waals surface area contributed by atoms with Crippen LogP contribution in [-0.2, 0) is 11.4 Å². The highest BCUT2D eigenvalue weighted by Crippen LogP contribution is 2.26. The monoisotopic (exact) mass is 389 g/mol. The van der Waals surface area contributed by atoms with Crippen LogP contribution in [0.25, 0.3) is 0 Å². The number of carbonyl (C=O) groups is 2. The number of carbonyl (C=O) groups excluding carboxylic acids is 2. The summed E-state index contributed by atoms with van der Waals surface area (Å²) in [6.07, 6.45) is 6.25. The summed E-state index contributed by atoms with van der Waals surface area (Å²) in [5.41, 5.74) is 0. The second-order valence-corrected chi connectivity index (χ2v) is 8.31. The summed E-state index contributed by atoms with van der Waals surface area (Å²) in [6, 6.07) is 3.73. The molecule has 3 aliphatic heterocycles. The van der Waals surface area contributed by atoms with Crippen LogP contribution in [0, 0.1) is 5.92 Å². The average Bonchev–Trinajstić information content (AvgIpc) is 3.45. The summed E-state index contributed by atoms with van der Waals surface area (Å²) in [6.45, 7) is 5.01. The minimum Gasteiger partial charge on any atom is -0.453 e. The van der Waals surface area contributed by atoms with E-state index in [2.05, 4.69) is 9.80 Å². The van der Waals surface area contributed by atoms with Gasteiger partial charge >= 0.3 is 0 Å². The van der Waals surface area contributed by atoms with Crippen LogP contribution >= 0.6 is 0 Å². The zero-order valence-corrected chi connectivity index (χ0v) is 16.5. The van der Waals surface area contributed by atoms with Crippen LogP contribution in [0.1, 0.15) is 54.8 Å². The van der Waals surface area contributed by atoms with Crippen LogP contribution in [0.2, 0.25) is 0 Å². The van der Waals surface area contributed by atoms with Crippen molar-refractivity contribution in [3.8, 4) is 0 Å². The first-order valence-corrected chi connectivity index (χ1v) is 10.7. The Hall–Kier alpha value is -1.86. The fourth-order valence-electron chi connectivity index (χ4n) is 4.90. The molecule has 1 aromatic heterocycles. The maximum Gasteiger partial charge on any atom is 0.289 e. The van der Waals surface area contributed by atoms with Crippen molar-refractivity contribution in [3.63, 3.8) is 0 Å². The second kappa shape index (κ2) is 8.66. The first-order chi connectivity index (χ1) is 13.7. The number of furan rings is 1. The van der Waals surface area contributed by atoms with Gasteiger partial charge in [0.25, 0.3) is 5.91 Å². The molecule has 28 heavy (non-hydrogen) atoms. The smallest absolute Gasteiger partial charge is 0.289 e. The topological polar surface area (TPSA) is 77.2 Å². The number of amides is 2.